The first-order valence-corrected chi connectivity index (χ1v) is 7.27. The minimum Gasteiger partial charge on any atom is -0.496 e. The highest BCUT2D eigenvalue weighted by Gasteiger charge is 2.33. The SMILES string of the molecule is COc1cccc2[nH]cc(C(=O)C(=O)N3CCCC3CO)c12. The Kier molecular flexibility index (Phi) is 3.85. The summed E-state index contributed by atoms with van der Waals surface area (Å²) in [5, 5.41) is 9.93. The second-order valence-corrected chi connectivity index (χ2v) is 5.39. The summed E-state index contributed by atoms with van der Waals surface area (Å²) < 4.78 is 5.29. The lowest BCUT2D eigenvalue weighted by molar-refractivity contribution is -0.127. The average molecular weight is 302 g/mol. The molecule has 1 fully saturated rings. The molecule has 1 aliphatic rings. The van der Waals surface area contributed by atoms with Gasteiger partial charge in [-0.25, -0.2) is 0 Å². The summed E-state index contributed by atoms with van der Waals surface area (Å²) in [7, 11) is 1.53. The van der Waals surface area contributed by atoms with Crippen LogP contribution in [0.2, 0.25) is 0 Å². The normalized spacial score (nSPS) is 17.9. The Morgan fingerprint density at radius 2 is 2.27 bits per heavy atom. The van der Waals surface area contributed by atoms with Gasteiger partial charge in [-0.05, 0) is 25.0 Å². The Labute approximate surface area is 127 Å². The lowest BCUT2D eigenvalue weighted by Gasteiger charge is -2.22. The number of nitrogens with zero attached hydrogens (tertiary/aromatic N) is 1. The standard InChI is InChI=1S/C16H18N2O4/c1-22-13-6-2-5-12-14(13)11(8-17-12)15(20)16(21)18-7-3-4-10(18)9-19/h2,5-6,8,10,17,19H,3-4,7,9H2,1H3. The number of rotatable bonds is 4. The third-order valence-corrected chi connectivity index (χ3v) is 4.18. The van der Waals surface area contributed by atoms with Gasteiger partial charge in [-0.1, -0.05) is 6.07 Å². The topological polar surface area (TPSA) is 82.6 Å². The first-order valence-electron chi connectivity index (χ1n) is 7.27. The van der Waals surface area contributed by atoms with E-state index >= 15 is 0 Å². The van der Waals surface area contributed by atoms with Gasteiger partial charge in [0.05, 0.1) is 30.7 Å². The van der Waals surface area contributed by atoms with Gasteiger partial charge in [-0.15, -0.1) is 0 Å². The molecule has 1 saturated heterocycles. The van der Waals surface area contributed by atoms with Gasteiger partial charge < -0.3 is 19.7 Å². The Bertz CT molecular complexity index is 722. The molecule has 1 aromatic heterocycles. The fourth-order valence-corrected chi connectivity index (χ4v) is 3.04. The molecule has 0 aliphatic carbocycles. The van der Waals surface area contributed by atoms with Gasteiger partial charge in [0, 0.05) is 18.3 Å². The van der Waals surface area contributed by atoms with Crippen molar-refractivity contribution in [2.24, 2.45) is 0 Å². The summed E-state index contributed by atoms with van der Waals surface area (Å²) in [6, 6.07) is 5.13. The van der Waals surface area contributed by atoms with Crippen molar-refractivity contribution in [2.45, 2.75) is 18.9 Å². The molecule has 6 nitrogen and oxygen atoms in total. The number of aromatic amines is 1. The average Bonchev–Trinajstić information content (AvgIpc) is 3.19. The second kappa shape index (κ2) is 5.81. The number of ether oxygens (including phenoxy) is 1. The van der Waals surface area contributed by atoms with E-state index in [9.17, 15) is 14.7 Å². The molecule has 2 aromatic rings. The zero-order chi connectivity index (χ0) is 15.7. The molecule has 1 aromatic carbocycles. The Morgan fingerprint density at radius 1 is 1.45 bits per heavy atom. The summed E-state index contributed by atoms with van der Waals surface area (Å²) in [4.78, 5) is 29.5. The number of likely N-dealkylation sites (tertiary alicyclic amines) is 1. The van der Waals surface area contributed by atoms with E-state index in [4.69, 9.17) is 4.74 Å². The van der Waals surface area contributed by atoms with Crippen LogP contribution in [0.4, 0.5) is 0 Å². The number of H-pyrrole nitrogens is 1. The number of benzene rings is 1. The number of aliphatic hydroxyl groups excluding tert-OH is 1. The van der Waals surface area contributed by atoms with Gasteiger partial charge in [0.2, 0.25) is 0 Å². The van der Waals surface area contributed by atoms with E-state index in [1.54, 1.807) is 6.07 Å². The summed E-state index contributed by atoms with van der Waals surface area (Å²) in [6.07, 6.45) is 3.08. The molecule has 116 valence electrons. The van der Waals surface area contributed by atoms with E-state index in [1.807, 2.05) is 12.1 Å². The van der Waals surface area contributed by atoms with Gasteiger partial charge in [0.25, 0.3) is 11.7 Å². The maximum atomic E-state index is 12.6. The van der Waals surface area contributed by atoms with Crippen LogP contribution in [0.25, 0.3) is 10.9 Å². The second-order valence-electron chi connectivity index (χ2n) is 5.39. The van der Waals surface area contributed by atoms with Crippen LogP contribution in [0, 0.1) is 0 Å². The van der Waals surface area contributed by atoms with Crippen molar-refractivity contribution in [3.63, 3.8) is 0 Å². The fraction of sp³-hybridized carbons (Fsp3) is 0.375. The molecule has 0 radical (unpaired) electrons. The highest BCUT2D eigenvalue weighted by Crippen LogP contribution is 2.29. The molecular formula is C16H18N2O4. The summed E-state index contributed by atoms with van der Waals surface area (Å²) >= 11 is 0. The Morgan fingerprint density at radius 3 is 3.00 bits per heavy atom. The van der Waals surface area contributed by atoms with Crippen LogP contribution in [0.5, 0.6) is 5.75 Å². The number of methoxy groups -OCH3 is 1. The monoisotopic (exact) mass is 302 g/mol. The molecule has 3 rings (SSSR count). The molecule has 1 unspecified atom stereocenters. The van der Waals surface area contributed by atoms with Crippen molar-refractivity contribution < 1.29 is 19.4 Å². The minimum absolute atomic E-state index is 0.115. The van der Waals surface area contributed by atoms with Crippen molar-refractivity contribution in [3.8, 4) is 5.75 Å². The zero-order valence-corrected chi connectivity index (χ0v) is 12.3. The number of hydrogen-bond acceptors (Lipinski definition) is 4. The molecular weight excluding hydrogens is 284 g/mol. The van der Waals surface area contributed by atoms with E-state index in [0.717, 1.165) is 18.4 Å². The Balaban J connectivity index is 1.97. The van der Waals surface area contributed by atoms with Gasteiger partial charge in [-0.2, -0.15) is 0 Å². The van der Waals surface area contributed by atoms with Crippen LogP contribution >= 0.6 is 0 Å². The van der Waals surface area contributed by atoms with Crippen molar-refractivity contribution in [2.75, 3.05) is 20.3 Å². The highest BCUT2D eigenvalue weighted by molar-refractivity contribution is 6.45. The molecule has 1 aliphatic heterocycles. The number of carbonyl (C=O) groups excluding carboxylic acids is 2. The lowest BCUT2D eigenvalue weighted by Crippen LogP contribution is -2.41. The number of amides is 1. The molecule has 1 atom stereocenters. The van der Waals surface area contributed by atoms with Crippen LogP contribution in [-0.2, 0) is 4.79 Å². The van der Waals surface area contributed by atoms with Crippen LogP contribution in [-0.4, -0.2) is 53.0 Å². The molecule has 22 heavy (non-hydrogen) atoms. The van der Waals surface area contributed by atoms with Crippen LogP contribution in [0.15, 0.2) is 24.4 Å². The maximum Gasteiger partial charge on any atom is 0.295 e. The molecule has 6 heteroatoms. The number of fused-ring (bicyclic) bond motifs is 1. The molecule has 0 bridgehead atoms. The summed E-state index contributed by atoms with van der Waals surface area (Å²) in [6.45, 7) is 0.394. The van der Waals surface area contributed by atoms with Crippen LogP contribution in [0.3, 0.4) is 0 Å². The predicted octanol–water partition coefficient (Wildman–Crippen LogP) is 1.34. The lowest BCUT2D eigenvalue weighted by atomic mass is 10.1. The third kappa shape index (κ3) is 2.25. The highest BCUT2D eigenvalue weighted by atomic mass is 16.5. The predicted molar refractivity (Wildman–Crippen MR) is 81.0 cm³/mol. The van der Waals surface area contributed by atoms with Crippen LogP contribution in [0.1, 0.15) is 23.2 Å². The first kappa shape index (κ1) is 14.6. The molecule has 0 spiro atoms. The summed E-state index contributed by atoms with van der Waals surface area (Å²) in [5.74, 6) is -0.588. The molecule has 1 amide bonds. The first-order chi connectivity index (χ1) is 10.7. The van der Waals surface area contributed by atoms with Gasteiger partial charge in [0.15, 0.2) is 0 Å². The van der Waals surface area contributed by atoms with E-state index in [0.29, 0.717) is 23.2 Å². The van der Waals surface area contributed by atoms with Gasteiger partial charge in [-0.3, -0.25) is 9.59 Å². The summed E-state index contributed by atoms with van der Waals surface area (Å²) in [5.41, 5.74) is 1.05. The number of aliphatic hydroxyl groups is 1. The molecule has 0 saturated carbocycles. The zero-order valence-electron chi connectivity index (χ0n) is 12.3. The maximum absolute atomic E-state index is 12.6. The Hall–Kier alpha value is -2.34. The van der Waals surface area contributed by atoms with Gasteiger partial charge >= 0.3 is 0 Å². The van der Waals surface area contributed by atoms with E-state index in [-0.39, 0.29) is 12.6 Å². The number of carbonyl (C=O) groups is 2. The largest absolute Gasteiger partial charge is 0.496 e. The fourth-order valence-electron chi connectivity index (χ4n) is 3.04. The van der Waals surface area contributed by atoms with Crippen molar-refractivity contribution in [1.82, 2.24) is 9.88 Å². The van der Waals surface area contributed by atoms with Crippen molar-refractivity contribution in [1.29, 1.82) is 0 Å². The van der Waals surface area contributed by atoms with Gasteiger partial charge in [0.1, 0.15) is 5.75 Å². The van der Waals surface area contributed by atoms with E-state index in [2.05, 4.69) is 4.98 Å². The number of aromatic nitrogens is 1. The molecule has 2 N–H and O–H groups in total. The smallest absolute Gasteiger partial charge is 0.295 e. The number of Topliss-reactive ketones (excluding diaryl/α,β-unsaturated/α-hetero) is 1. The third-order valence-electron chi connectivity index (χ3n) is 4.18. The van der Waals surface area contributed by atoms with E-state index in [1.165, 1.54) is 18.2 Å². The van der Waals surface area contributed by atoms with Crippen molar-refractivity contribution in [3.05, 3.63) is 30.0 Å². The van der Waals surface area contributed by atoms with Crippen LogP contribution < -0.4 is 4.74 Å². The van der Waals surface area contributed by atoms with E-state index < -0.39 is 11.7 Å². The molecule has 2 heterocycles. The number of nitrogens with one attached hydrogen (secondary N) is 1. The number of hydrogen-bond donors (Lipinski definition) is 2. The minimum atomic E-state index is -0.573. The van der Waals surface area contributed by atoms with Crippen molar-refractivity contribution >= 4 is 22.6 Å². The number of ketones is 1. The quantitative estimate of drug-likeness (QED) is 0.659.